The van der Waals surface area contributed by atoms with Gasteiger partial charge in [0.2, 0.25) is 0 Å². The molecule has 1 saturated carbocycles. The standard InChI is InChI=1S/C20H32O5/c1-2-3-4-7-14(21)10-11-16-17-12-15(8-5-6-9-20(23)24)25-19(17)13-18(16)22/h8,10-11,14,16-19,21-22H,2-7,9,12-13H2,1H3,(H,23,24)/b11-10?,15-8-/t14-,16+,17+,18+,19-/m0/s1. The Hall–Kier alpha value is -1.33. The summed E-state index contributed by atoms with van der Waals surface area (Å²) in [6, 6.07) is 0. The summed E-state index contributed by atoms with van der Waals surface area (Å²) >= 11 is 0. The van der Waals surface area contributed by atoms with Gasteiger partial charge in [-0.3, -0.25) is 4.79 Å². The van der Waals surface area contributed by atoms with E-state index in [9.17, 15) is 15.0 Å². The fourth-order valence-corrected chi connectivity index (χ4v) is 3.86. The van der Waals surface area contributed by atoms with E-state index in [1.807, 2.05) is 18.2 Å². The van der Waals surface area contributed by atoms with Gasteiger partial charge < -0.3 is 20.1 Å². The first kappa shape index (κ1) is 20.0. The number of aliphatic hydroxyl groups is 2. The zero-order valence-corrected chi connectivity index (χ0v) is 15.1. The maximum absolute atomic E-state index is 10.5. The van der Waals surface area contributed by atoms with Crippen molar-refractivity contribution in [3.8, 4) is 0 Å². The van der Waals surface area contributed by atoms with Crippen molar-refractivity contribution in [3.05, 3.63) is 24.0 Å². The Kier molecular flexibility index (Phi) is 7.97. The fourth-order valence-electron chi connectivity index (χ4n) is 3.86. The highest BCUT2D eigenvalue weighted by molar-refractivity contribution is 5.66. The second-order valence-electron chi connectivity index (χ2n) is 7.31. The van der Waals surface area contributed by atoms with Crippen molar-refractivity contribution in [2.75, 3.05) is 0 Å². The van der Waals surface area contributed by atoms with E-state index in [0.717, 1.165) is 37.9 Å². The number of aliphatic hydroxyl groups excluding tert-OH is 2. The lowest BCUT2D eigenvalue weighted by Crippen LogP contribution is -2.18. The molecular weight excluding hydrogens is 320 g/mol. The molecule has 142 valence electrons. The molecule has 1 heterocycles. The third-order valence-electron chi connectivity index (χ3n) is 5.26. The molecule has 3 N–H and O–H groups in total. The number of hydrogen-bond donors (Lipinski definition) is 3. The molecule has 0 radical (unpaired) electrons. The van der Waals surface area contributed by atoms with Gasteiger partial charge in [0.15, 0.2) is 0 Å². The molecule has 0 unspecified atom stereocenters. The maximum Gasteiger partial charge on any atom is 0.303 e. The lowest BCUT2D eigenvalue weighted by Gasteiger charge is -2.16. The van der Waals surface area contributed by atoms with E-state index >= 15 is 0 Å². The number of hydrogen-bond acceptors (Lipinski definition) is 4. The average Bonchev–Trinajstić information content (AvgIpc) is 3.06. The van der Waals surface area contributed by atoms with E-state index in [1.165, 1.54) is 0 Å². The van der Waals surface area contributed by atoms with Crippen LogP contribution in [0.25, 0.3) is 0 Å². The van der Waals surface area contributed by atoms with Gasteiger partial charge in [0.1, 0.15) is 6.10 Å². The lowest BCUT2D eigenvalue weighted by molar-refractivity contribution is -0.137. The van der Waals surface area contributed by atoms with Gasteiger partial charge in [0, 0.05) is 31.1 Å². The number of ether oxygens (including phenoxy) is 1. The number of fused-ring (bicyclic) bond motifs is 1. The normalized spacial score (nSPS) is 31.4. The van der Waals surface area contributed by atoms with Crippen LogP contribution in [0.1, 0.15) is 64.7 Å². The third-order valence-corrected chi connectivity index (χ3v) is 5.26. The van der Waals surface area contributed by atoms with Crippen molar-refractivity contribution in [1.29, 1.82) is 0 Å². The quantitative estimate of drug-likeness (QED) is 0.414. The molecule has 1 aliphatic carbocycles. The number of carboxylic acids is 1. The molecule has 0 amide bonds. The summed E-state index contributed by atoms with van der Waals surface area (Å²) in [5.74, 6) is 0.429. The molecule has 0 spiro atoms. The second kappa shape index (κ2) is 9.97. The van der Waals surface area contributed by atoms with Gasteiger partial charge in [-0.15, -0.1) is 0 Å². The molecule has 1 aliphatic heterocycles. The summed E-state index contributed by atoms with van der Waals surface area (Å²) in [7, 11) is 0. The van der Waals surface area contributed by atoms with Gasteiger partial charge in [0.25, 0.3) is 0 Å². The minimum atomic E-state index is -0.770. The largest absolute Gasteiger partial charge is 0.495 e. The predicted molar refractivity (Wildman–Crippen MR) is 96.0 cm³/mol. The highest BCUT2D eigenvalue weighted by Crippen LogP contribution is 2.45. The summed E-state index contributed by atoms with van der Waals surface area (Å²) in [5, 5.41) is 29.0. The van der Waals surface area contributed by atoms with Crippen LogP contribution in [0.2, 0.25) is 0 Å². The van der Waals surface area contributed by atoms with E-state index in [4.69, 9.17) is 9.84 Å². The van der Waals surface area contributed by atoms with Crippen molar-refractivity contribution < 1.29 is 24.9 Å². The van der Waals surface area contributed by atoms with E-state index in [2.05, 4.69) is 6.92 Å². The van der Waals surface area contributed by atoms with Crippen LogP contribution in [-0.4, -0.2) is 39.6 Å². The Morgan fingerprint density at radius 3 is 2.88 bits per heavy atom. The summed E-state index contributed by atoms with van der Waals surface area (Å²) in [6.07, 6.45) is 12.0. The smallest absolute Gasteiger partial charge is 0.303 e. The molecule has 0 aromatic heterocycles. The molecule has 0 bridgehead atoms. The van der Waals surface area contributed by atoms with Crippen LogP contribution >= 0.6 is 0 Å². The molecule has 2 rings (SSSR count). The lowest BCUT2D eigenvalue weighted by atomic mass is 9.90. The first-order valence-electron chi connectivity index (χ1n) is 9.63. The topological polar surface area (TPSA) is 87.0 Å². The van der Waals surface area contributed by atoms with E-state index in [1.54, 1.807) is 0 Å². The van der Waals surface area contributed by atoms with E-state index in [-0.39, 0.29) is 24.4 Å². The fraction of sp³-hybridized carbons (Fsp3) is 0.750. The molecule has 2 fully saturated rings. The Bertz CT molecular complexity index is 484. The summed E-state index contributed by atoms with van der Waals surface area (Å²) in [6.45, 7) is 2.14. The number of allylic oxidation sites excluding steroid dienone is 2. The van der Waals surface area contributed by atoms with Crippen LogP contribution in [0.15, 0.2) is 24.0 Å². The Labute approximate surface area is 150 Å². The van der Waals surface area contributed by atoms with Crippen molar-refractivity contribution in [1.82, 2.24) is 0 Å². The monoisotopic (exact) mass is 352 g/mol. The number of rotatable bonds is 10. The van der Waals surface area contributed by atoms with Crippen LogP contribution in [0.5, 0.6) is 0 Å². The van der Waals surface area contributed by atoms with Crippen LogP contribution in [0.4, 0.5) is 0 Å². The minimum absolute atomic E-state index is 0.0238. The average molecular weight is 352 g/mol. The van der Waals surface area contributed by atoms with Gasteiger partial charge in [0.05, 0.1) is 18.0 Å². The summed E-state index contributed by atoms with van der Waals surface area (Å²) < 4.78 is 5.94. The Morgan fingerprint density at radius 2 is 2.16 bits per heavy atom. The number of aliphatic carboxylic acids is 1. The molecule has 5 nitrogen and oxygen atoms in total. The van der Waals surface area contributed by atoms with Crippen molar-refractivity contribution in [2.24, 2.45) is 11.8 Å². The van der Waals surface area contributed by atoms with Gasteiger partial charge >= 0.3 is 5.97 Å². The van der Waals surface area contributed by atoms with Gasteiger partial charge in [-0.1, -0.05) is 38.3 Å². The van der Waals surface area contributed by atoms with Gasteiger partial charge in [-0.2, -0.15) is 0 Å². The molecule has 0 aromatic rings. The number of carbonyl (C=O) groups is 1. The van der Waals surface area contributed by atoms with Crippen molar-refractivity contribution >= 4 is 5.97 Å². The third kappa shape index (κ3) is 6.15. The van der Waals surface area contributed by atoms with Crippen LogP contribution in [-0.2, 0) is 9.53 Å². The van der Waals surface area contributed by atoms with Crippen molar-refractivity contribution in [3.63, 3.8) is 0 Å². The molecule has 5 atom stereocenters. The zero-order valence-electron chi connectivity index (χ0n) is 15.1. The molecule has 5 heteroatoms. The van der Waals surface area contributed by atoms with E-state index < -0.39 is 18.2 Å². The molecule has 2 aliphatic rings. The molecule has 0 aromatic carbocycles. The zero-order chi connectivity index (χ0) is 18.2. The molecular formula is C20H32O5. The first-order chi connectivity index (χ1) is 12.0. The van der Waals surface area contributed by atoms with Crippen molar-refractivity contribution in [2.45, 2.75) is 83.0 Å². The predicted octanol–water partition coefficient (Wildman–Crippen LogP) is 3.41. The SMILES string of the molecule is CCCCC[C@H](O)C=C[C@@H]1[C@H]2C/C(=C/CCCC(=O)O)O[C@H]2C[C@H]1O. The van der Waals surface area contributed by atoms with Crippen LogP contribution < -0.4 is 0 Å². The van der Waals surface area contributed by atoms with Crippen LogP contribution in [0.3, 0.4) is 0 Å². The summed E-state index contributed by atoms with van der Waals surface area (Å²) in [5.41, 5.74) is 0. The van der Waals surface area contributed by atoms with E-state index in [0.29, 0.717) is 19.3 Å². The number of unbranched alkanes of at least 4 members (excludes halogenated alkanes) is 3. The van der Waals surface area contributed by atoms with Gasteiger partial charge in [-0.05, 0) is 25.3 Å². The Morgan fingerprint density at radius 1 is 1.36 bits per heavy atom. The minimum Gasteiger partial charge on any atom is -0.495 e. The van der Waals surface area contributed by atoms with Crippen LogP contribution in [0, 0.1) is 11.8 Å². The molecule has 25 heavy (non-hydrogen) atoms. The second-order valence-corrected chi connectivity index (χ2v) is 7.31. The first-order valence-corrected chi connectivity index (χ1v) is 9.63. The number of carboxylic acid groups (broad SMARTS) is 1. The molecule has 1 saturated heterocycles. The Balaban J connectivity index is 1.83. The summed E-state index contributed by atoms with van der Waals surface area (Å²) in [4.78, 5) is 10.5. The highest BCUT2D eigenvalue weighted by atomic mass is 16.5. The van der Waals surface area contributed by atoms with Gasteiger partial charge in [-0.25, -0.2) is 0 Å². The highest BCUT2D eigenvalue weighted by Gasteiger charge is 2.46. The maximum atomic E-state index is 10.5.